The van der Waals surface area contributed by atoms with E-state index < -0.39 is 11.4 Å². The third kappa shape index (κ3) is 3.28. The summed E-state index contributed by atoms with van der Waals surface area (Å²) in [4.78, 5) is 44.5. The van der Waals surface area contributed by atoms with Crippen molar-refractivity contribution in [3.8, 4) is 0 Å². The molecule has 0 bridgehead atoms. The lowest BCUT2D eigenvalue weighted by molar-refractivity contribution is -0.133. The maximum Gasteiger partial charge on any atom is 0.274 e. The van der Waals surface area contributed by atoms with Crippen molar-refractivity contribution in [1.29, 1.82) is 0 Å². The topological polar surface area (TPSA) is 96.3 Å². The van der Waals surface area contributed by atoms with E-state index in [2.05, 4.69) is 15.6 Å². The number of aromatic nitrogens is 2. The fourth-order valence-corrected chi connectivity index (χ4v) is 3.92. The third-order valence-electron chi connectivity index (χ3n) is 5.69. The first-order valence-electron chi connectivity index (χ1n) is 9.80. The minimum Gasteiger partial charge on any atom is -0.354 e. The second-order valence-corrected chi connectivity index (χ2v) is 8.00. The molecule has 0 saturated heterocycles. The number of benzene rings is 1. The summed E-state index contributed by atoms with van der Waals surface area (Å²) in [5, 5.41) is 5.51. The van der Waals surface area contributed by atoms with Crippen molar-refractivity contribution < 1.29 is 14.4 Å². The first-order valence-corrected chi connectivity index (χ1v) is 9.80. The van der Waals surface area contributed by atoms with E-state index in [4.69, 9.17) is 0 Å². The Morgan fingerprint density at radius 2 is 1.93 bits per heavy atom. The van der Waals surface area contributed by atoms with Gasteiger partial charge in [-0.05, 0) is 32.3 Å². The minimum atomic E-state index is -1.05. The van der Waals surface area contributed by atoms with Gasteiger partial charge in [0.1, 0.15) is 11.2 Å². The van der Waals surface area contributed by atoms with Crippen molar-refractivity contribution in [2.45, 2.75) is 51.4 Å². The largest absolute Gasteiger partial charge is 0.354 e. The van der Waals surface area contributed by atoms with Crippen LogP contribution in [-0.2, 0) is 17.9 Å². The molecule has 2 aliphatic rings. The summed E-state index contributed by atoms with van der Waals surface area (Å²) < 4.78 is 1.62. The van der Waals surface area contributed by atoms with Crippen LogP contribution < -0.4 is 10.6 Å². The standard InChI is InChI=1S/C21H25N5O3/c1-13-4-6-14(7-5-13)10-23-20(29)21(2)11-25-12-24-16(18(27)22-3)17(25)19(28)26(21)15-8-9-15/h4-7,12,15H,8-11H2,1-3H3,(H,22,27)(H,23,29). The highest BCUT2D eigenvalue weighted by Crippen LogP contribution is 2.38. The van der Waals surface area contributed by atoms with E-state index in [-0.39, 0.29) is 35.8 Å². The molecule has 152 valence electrons. The molecule has 0 radical (unpaired) electrons. The number of amides is 3. The molecule has 1 aliphatic heterocycles. The Kier molecular flexibility index (Phi) is 4.64. The van der Waals surface area contributed by atoms with E-state index in [0.29, 0.717) is 6.54 Å². The maximum absolute atomic E-state index is 13.3. The van der Waals surface area contributed by atoms with Crippen molar-refractivity contribution in [2.75, 3.05) is 7.05 Å². The molecule has 4 rings (SSSR count). The molecule has 2 N–H and O–H groups in total. The third-order valence-corrected chi connectivity index (χ3v) is 5.69. The summed E-state index contributed by atoms with van der Waals surface area (Å²) in [6.45, 7) is 4.45. The molecule has 8 nitrogen and oxygen atoms in total. The van der Waals surface area contributed by atoms with Crippen molar-refractivity contribution in [3.63, 3.8) is 0 Å². The van der Waals surface area contributed by atoms with Gasteiger partial charge in [0.05, 0.1) is 12.9 Å². The second-order valence-electron chi connectivity index (χ2n) is 8.00. The number of fused-ring (bicyclic) bond motifs is 1. The van der Waals surface area contributed by atoms with E-state index in [0.717, 1.165) is 24.0 Å². The number of rotatable bonds is 5. The summed E-state index contributed by atoms with van der Waals surface area (Å²) in [5.41, 5.74) is 1.46. The summed E-state index contributed by atoms with van der Waals surface area (Å²) >= 11 is 0. The molecule has 1 aromatic carbocycles. The molecule has 3 amide bonds. The van der Waals surface area contributed by atoms with E-state index in [9.17, 15) is 14.4 Å². The van der Waals surface area contributed by atoms with Gasteiger partial charge in [0, 0.05) is 19.6 Å². The Balaban J connectivity index is 1.62. The molecular formula is C21H25N5O3. The lowest BCUT2D eigenvalue weighted by Gasteiger charge is -2.44. The Bertz CT molecular complexity index is 977. The Morgan fingerprint density at radius 1 is 1.24 bits per heavy atom. The molecule has 8 heteroatoms. The van der Waals surface area contributed by atoms with Crippen LogP contribution in [0.3, 0.4) is 0 Å². The first kappa shape index (κ1) is 19.2. The molecule has 1 saturated carbocycles. The van der Waals surface area contributed by atoms with Crippen LogP contribution in [0.5, 0.6) is 0 Å². The monoisotopic (exact) mass is 395 g/mol. The van der Waals surface area contributed by atoms with E-state index in [1.54, 1.807) is 16.4 Å². The van der Waals surface area contributed by atoms with Gasteiger partial charge in [0.25, 0.3) is 11.8 Å². The zero-order valence-corrected chi connectivity index (χ0v) is 16.9. The molecule has 2 heterocycles. The highest BCUT2D eigenvalue weighted by atomic mass is 16.2. The van der Waals surface area contributed by atoms with E-state index >= 15 is 0 Å². The molecule has 2 aromatic rings. The summed E-state index contributed by atoms with van der Waals surface area (Å²) in [7, 11) is 1.50. The van der Waals surface area contributed by atoms with Crippen LogP contribution in [0.25, 0.3) is 0 Å². The fourth-order valence-electron chi connectivity index (χ4n) is 3.92. The predicted octanol–water partition coefficient (Wildman–Crippen LogP) is 1.24. The Hall–Kier alpha value is -3.16. The van der Waals surface area contributed by atoms with Gasteiger partial charge in [0.2, 0.25) is 5.91 Å². The van der Waals surface area contributed by atoms with Crippen molar-refractivity contribution in [1.82, 2.24) is 25.1 Å². The number of hydrogen-bond acceptors (Lipinski definition) is 4. The highest BCUT2D eigenvalue weighted by Gasteiger charge is 2.53. The number of hydrogen-bond donors (Lipinski definition) is 2. The molecule has 1 unspecified atom stereocenters. The summed E-state index contributed by atoms with van der Waals surface area (Å²) in [6.07, 6.45) is 3.18. The van der Waals surface area contributed by atoms with Gasteiger partial charge < -0.3 is 20.1 Å². The van der Waals surface area contributed by atoms with E-state index in [1.165, 1.54) is 13.4 Å². The van der Waals surface area contributed by atoms with Crippen molar-refractivity contribution in [3.05, 3.63) is 53.1 Å². The molecule has 1 aliphatic carbocycles. The average Bonchev–Trinajstić information content (AvgIpc) is 3.44. The van der Waals surface area contributed by atoms with Gasteiger partial charge in [-0.3, -0.25) is 14.4 Å². The number of nitrogens with zero attached hydrogens (tertiary/aromatic N) is 3. The maximum atomic E-state index is 13.3. The molecular weight excluding hydrogens is 370 g/mol. The molecule has 0 spiro atoms. The quantitative estimate of drug-likeness (QED) is 0.796. The van der Waals surface area contributed by atoms with Gasteiger partial charge in [-0.15, -0.1) is 0 Å². The SMILES string of the molecule is CNC(=O)c1ncn2c1C(=O)N(C1CC1)C(C)(C(=O)NCc1ccc(C)cc1)C2. The van der Waals surface area contributed by atoms with Gasteiger partial charge >= 0.3 is 0 Å². The summed E-state index contributed by atoms with van der Waals surface area (Å²) in [5.74, 6) is -0.933. The first-order chi connectivity index (χ1) is 13.8. The van der Waals surface area contributed by atoms with Gasteiger partial charge in [-0.1, -0.05) is 29.8 Å². The molecule has 1 aromatic heterocycles. The number of imidazole rings is 1. The normalized spacial score (nSPS) is 20.9. The predicted molar refractivity (Wildman–Crippen MR) is 106 cm³/mol. The molecule has 29 heavy (non-hydrogen) atoms. The van der Waals surface area contributed by atoms with Crippen LogP contribution in [-0.4, -0.2) is 50.8 Å². The smallest absolute Gasteiger partial charge is 0.274 e. The number of nitrogens with one attached hydrogen (secondary N) is 2. The number of carbonyl (C=O) groups excluding carboxylic acids is 3. The van der Waals surface area contributed by atoms with E-state index in [1.807, 2.05) is 31.2 Å². The zero-order valence-electron chi connectivity index (χ0n) is 16.9. The van der Waals surface area contributed by atoms with Crippen LogP contribution in [0.1, 0.15) is 51.9 Å². The summed E-state index contributed by atoms with van der Waals surface area (Å²) in [6, 6.07) is 7.97. The number of aryl methyl sites for hydroxylation is 1. The highest BCUT2D eigenvalue weighted by molar-refractivity contribution is 6.07. The van der Waals surface area contributed by atoms with Crippen LogP contribution in [0.4, 0.5) is 0 Å². The minimum absolute atomic E-state index is 0.0128. The van der Waals surface area contributed by atoms with Gasteiger partial charge in [-0.2, -0.15) is 0 Å². The lowest BCUT2D eigenvalue weighted by Crippen LogP contribution is -2.64. The zero-order chi connectivity index (χ0) is 20.8. The van der Waals surface area contributed by atoms with Crippen LogP contribution in [0.2, 0.25) is 0 Å². The van der Waals surface area contributed by atoms with Crippen LogP contribution in [0.15, 0.2) is 30.6 Å². The molecule has 1 fully saturated rings. The average molecular weight is 395 g/mol. The van der Waals surface area contributed by atoms with Crippen molar-refractivity contribution in [2.24, 2.45) is 0 Å². The lowest BCUT2D eigenvalue weighted by atomic mass is 9.93. The Labute approximate surface area is 169 Å². The molecule has 1 atom stereocenters. The second kappa shape index (κ2) is 7.02. The van der Waals surface area contributed by atoms with Gasteiger partial charge in [-0.25, -0.2) is 4.98 Å². The van der Waals surface area contributed by atoms with Crippen molar-refractivity contribution >= 4 is 17.7 Å². The van der Waals surface area contributed by atoms with Crippen LogP contribution >= 0.6 is 0 Å². The van der Waals surface area contributed by atoms with Crippen LogP contribution in [0, 0.1) is 6.92 Å². The Morgan fingerprint density at radius 3 is 2.55 bits per heavy atom. The number of carbonyl (C=O) groups is 3. The van der Waals surface area contributed by atoms with Gasteiger partial charge in [0.15, 0.2) is 5.69 Å². The fraction of sp³-hybridized carbons (Fsp3) is 0.429.